The van der Waals surface area contributed by atoms with E-state index in [1.54, 1.807) is 16.9 Å². The number of hydrogen-bond donors (Lipinski definition) is 0. The van der Waals surface area contributed by atoms with Crippen molar-refractivity contribution in [1.29, 1.82) is 0 Å². The van der Waals surface area contributed by atoms with Gasteiger partial charge < -0.3 is 14.5 Å². The highest BCUT2D eigenvalue weighted by molar-refractivity contribution is 5.92. The Kier molecular flexibility index (Phi) is 4.78. The maximum Gasteiger partial charge on any atom is 0.272 e. The number of hydrogen-bond acceptors (Lipinski definition) is 4. The molecule has 1 aromatic heterocycles. The molecule has 122 valence electrons. The number of ether oxygens (including phenoxy) is 1. The Bertz CT molecular complexity index is 500. The van der Waals surface area contributed by atoms with Gasteiger partial charge in [0.05, 0.1) is 12.2 Å². The van der Waals surface area contributed by atoms with E-state index in [9.17, 15) is 4.79 Å². The van der Waals surface area contributed by atoms with E-state index in [0.717, 1.165) is 51.9 Å². The third-order valence-corrected chi connectivity index (χ3v) is 4.82. The molecular formula is C16H26N4O2. The van der Waals surface area contributed by atoms with E-state index in [-0.39, 0.29) is 5.91 Å². The molecule has 6 nitrogen and oxygen atoms in total. The van der Waals surface area contributed by atoms with Crippen LogP contribution in [0.25, 0.3) is 0 Å². The SMILES string of the molecule is CN1CCC(OC2CCN(C(=O)c3ccnn3C)CC2)CC1. The fourth-order valence-electron chi connectivity index (χ4n) is 3.33. The molecule has 2 aliphatic rings. The summed E-state index contributed by atoms with van der Waals surface area (Å²) < 4.78 is 7.88. The molecule has 0 bridgehead atoms. The topological polar surface area (TPSA) is 50.6 Å². The van der Waals surface area contributed by atoms with E-state index < -0.39 is 0 Å². The summed E-state index contributed by atoms with van der Waals surface area (Å²) in [5, 5.41) is 4.07. The Balaban J connectivity index is 1.46. The molecule has 0 atom stereocenters. The average Bonchev–Trinajstić information content (AvgIpc) is 2.96. The summed E-state index contributed by atoms with van der Waals surface area (Å²) in [6.07, 6.45) is 6.52. The van der Waals surface area contributed by atoms with Gasteiger partial charge in [0.2, 0.25) is 0 Å². The molecule has 0 aromatic carbocycles. The summed E-state index contributed by atoms with van der Waals surface area (Å²) >= 11 is 0. The Morgan fingerprint density at radius 1 is 1.09 bits per heavy atom. The van der Waals surface area contributed by atoms with Gasteiger partial charge in [0.15, 0.2) is 0 Å². The molecule has 0 saturated carbocycles. The first kappa shape index (κ1) is 15.5. The lowest BCUT2D eigenvalue weighted by molar-refractivity contribution is -0.0600. The molecule has 3 rings (SSSR count). The van der Waals surface area contributed by atoms with Crippen LogP contribution in [0.4, 0.5) is 0 Å². The maximum absolute atomic E-state index is 12.4. The maximum atomic E-state index is 12.4. The second-order valence-corrected chi connectivity index (χ2v) is 6.47. The average molecular weight is 306 g/mol. The molecule has 0 aliphatic carbocycles. The van der Waals surface area contributed by atoms with Gasteiger partial charge in [-0.3, -0.25) is 9.48 Å². The minimum Gasteiger partial charge on any atom is -0.375 e. The second-order valence-electron chi connectivity index (χ2n) is 6.47. The molecular weight excluding hydrogens is 280 g/mol. The monoisotopic (exact) mass is 306 g/mol. The number of aromatic nitrogens is 2. The molecule has 2 saturated heterocycles. The minimum absolute atomic E-state index is 0.0812. The van der Waals surface area contributed by atoms with Crippen LogP contribution in [0.3, 0.4) is 0 Å². The Morgan fingerprint density at radius 3 is 2.23 bits per heavy atom. The third kappa shape index (κ3) is 3.50. The molecule has 6 heteroatoms. The summed E-state index contributed by atoms with van der Waals surface area (Å²) in [6, 6.07) is 1.78. The molecule has 0 spiro atoms. The van der Waals surface area contributed by atoms with E-state index in [1.165, 1.54) is 0 Å². The number of nitrogens with zero attached hydrogens (tertiary/aromatic N) is 4. The summed E-state index contributed by atoms with van der Waals surface area (Å²) in [6.45, 7) is 3.81. The molecule has 1 amide bonds. The van der Waals surface area contributed by atoms with Gasteiger partial charge in [0.25, 0.3) is 5.91 Å². The predicted octanol–water partition coefficient (Wildman–Crippen LogP) is 1.14. The lowest BCUT2D eigenvalue weighted by atomic mass is 10.0. The van der Waals surface area contributed by atoms with E-state index in [0.29, 0.717) is 17.9 Å². The van der Waals surface area contributed by atoms with Crippen LogP contribution >= 0.6 is 0 Å². The van der Waals surface area contributed by atoms with Crippen molar-refractivity contribution in [3.05, 3.63) is 18.0 Å². The van der Waals surface area contributed by atoms with Crippen LogP contribution in [0.5, 0.6) is 0 Å². The van der Waals surface area contributed by atoms with Crippen LogP contribution < -0.4 is 0 Å². The van der Waals surface area contributed by atoms with Crippen LogP contribution in [0.1, 0.15) is 36.2 Å². The fourth-order valence-corrected chi connectivity index (χ4v) is 3.33. The molecule has 0 unspecified atom stereocenters. The molecule has 2 fully saturated rings. The zero-order chi connectivity index (χ0) is 15.5. The van der Waals surface area contributed by atoms with Gasteiger partial charge in [-0.15, -0.1) is 0 Å². The number of amides is 1. The number of rotatable bonds is 3. The van der Waals surface area contributed by atoms with Crippen molar-refractivity contribution in [2.24, 2.45) is 7.05 Å². The lowest BCUT2D eigenvalue weighted by Crippen LogP contribution is -2.43. The van der Waals surface area contributed by atoms with E-state index in [2.05, 4.69) is 17.0 Å². The molecule has 2 aliphatic heterocycles. The van der Waals surface area contributed by atoms with Crippen molar-refractivity contribution in [2.45, 2.75) is 37.9 Å². The summed E-state index contributed by atoms with van der Waals surface area (Å²) in [5.74, 6) is 0.0812. The van der Waals surface area contributed by atoms with Gasteiger partial charge in [-0.2, -0.15) is 5.10 Å². The van der Waals surface area contributed by atoms with Crippen molar-refractivity contribution in [1.82, 2.24) is 19.6 Å². The highest BCUT2D eigenvalue weighted by atomic mass is 16.5. The van der Waals surface area contributed by atoms with E-state index >= 15 is 0 Å². The quantitative estimate of drug-likeness (QED) is 0.840. The summed E-state index contributed by atoms with van der Waals surface area (Å²) in [5.41, 5.74) is 0.662. The highest BCUT2D eigenvalue weighted by Gasteiger charge is 2.28. The van der Waals surface area contributed by atoms with Gasteiger partial charge in [-0.25, -0.2) is 0 Å². The molecule has 0 radical (unpaired) electrons. The van der Waals surface area contributed by atoms with Crippen LogP contribution in [0.15, 0.2) is 12.3 Å². The largest absolute Gasteiger partial charge is 0.375 e. The smallest absolute Gasteiger partial charge is 0.272 e. The highest BCUT2D eigenvalue weighted by Crippen LogP contribution is 2.21. The van der Waals surface area contributed by atoms with Crippen LogP contribution in [0.2, 0.25) is 0 Å². The van der Waals surface area contributed by atoms with Crippen molar-refractivity contribution in [2.75, 3.05) is 33.2 Å². The van der Waals surface area contributed by atoms with Crippen molar-refractivity contribution < 1.29 is 9.53 Å². The Morgan fingerprint density at radius 2 is 1.68 bits per heavy atom. The number of piperidine rings is 2. The number of likely N-dealkylation sites (tertiary alicyclic amines) is 2. The van der Waals surface area contributed by atoms with Crippen LogP contribution in [0, 0.1) is 0 Å². The second kappa shape index (κ2) is 6.79. The molecule has 3 heterocycles. The molecule has 22 heavy (non-hydrogen) atoms. The first-order chi connectivity index (χ1) is 10.6. The fraction of sp³-hybridized carbons (Fsp3) is 0.750. The van der Waals surface area contributed by atoms with Crippen molar-refractivity contribution >= 4 is 5.91 Å². The van der Waals surface area contributed by atoms with Gasteiger partial charge >= 0.3 is 0 Å². The van der Waals surface area contributed by atoms with Crippen LogP contribution in [-0.2, 0) is 11.8 Å². The zero-order valence-corrected chi connectivity index (χ0v) is 13.6. The molecule has 0 N–H and O–H groups in total. The van der Waals surface area contributed by atoms with E-state index in [1.807, 2.05) is 11.9 Å². The number of carbonyl (C=O) groups excluding carboxylic acids is 1. The van der Waals surface area contributed by atoms with Crippen molar-refractivity contribution in [3.63, 3.8) is 0 Å². The summed E-state index contributed by atoms with van der Waals surface area (Å²) in [4.78, 5) is 16.7. The molecule has 1 aromatic rings. The lowest BCUT2D eigenvalue weighted by Gasteiger charge is -2.36. The van der Waals surface area contributed by atoms with Gasteiger partial charge in [-0.1, -0.05) is 0 Å². The number of carbonyl (C=O) groups is 1. The van der Waals surface area contributed by atoms with Crippen molar-refractivity contribution in [3.8, 4) is 0 Å². The Hall–Kier alpha value is -1.40. The summed E-state index contributed by atoms with van der Waals surface area (Å²) in [7, 11) is 3.97. The standard InChI is InChI=1S/C16H26N4O2/c1-18-9-4-13(5-10-18)22-14-6-11-20(12-7-14)16(21)15-3-8-17-19(15)2/h3,8,13-14H,4-7,9-12H2,1-2H3. The zero-order valence-electron chi connectivity index (χ0n) is 13.6. The van der Waals surface area contributed by atoms with Gasteiger partial charge in [-0.05, 0) is 38.8 Å². The normalized spacial score (nSPS) is 22.2. The third-order valence-electron chi connectivity index (χ3n) is 4.82. The Labute approximate surface area is 132 Å². The van der Waals surface area contributed by atoms with Crippen LogP contribution in [-0.4, -0.2) is 70.9 Å². The predicted molar refractivity (Wildman–Crippen MR) is 83.7 cm³/mol. The van der Waals surface area contributed by atoms with Gasteiger partial charge in [0, 0.05) is 39.4 Å². The number of aryl methyl sites for hydroxylation is 1. The first-order valence-corrected chi connectivity index (χ1v) is 8.25. The van der Waals surface area contributed by atoms with E-state index in [4.69, 9.17) is 4.74 Å². The minimum atomic E-state index is 0.0812. The van der Waals surface area contributed by atoms with Gasteiger partial charge in [0.1, 0.15) is 5.69 Å². The first-order valence-electron chi connectivity index (χ1n) is 8.25.